The third-order valence-corrected chi connectivity index (χ3v) is 4.24. The molecule has 1 atom stereocenters. The second kappa shape index (κ2) is 5.53. The quantitative estimate of drug-likeness (QED) is 0.921. The predicted molar refractivity (Wildman–Crippen MR) is 91.9 cm³/mol. The molecular formula is C17H20N6. The van der Waals surface area contributed by atoms with Gasteiger partial charge >= 0.3 is 0 Å². The van der Waals surface area contributed by atoms with E-state index < -0.39 is 0 Å². The van der Waals surface area contributed by atoms with Crippen LogP contribution in [-0.4, -0.2) is 47.9 Å². The van der Waals surface area contributed by atoms with Crippen molar-refractivity contribution in [2.45, 2.75) is 12.6 Å². The average Bonchev–Trinajstić information content (AvgIpc) is 2.61. The fourth-order valence-electron chi connectivity index (χ4n) is 3.11. The summed E-state index contributed by atoms with van der Waals surface area (Å²) in [4.78, 5) is 17.9. The van der Waals surface area contributed by atoms with Crippen molar-refractivity contribution in [2.24, 2.45) is 4.99 Å². The lowest BCUT2D eigenvalue weighted by atomic mass is 10.0. The molecule has 0 bridgehead atoms. The first kappa shape index (κ1) is 14.0. The number of aliphatic imine (C=N–C) groups is 1. The normalized spacial score (nSPS) is 19.3. The van der Waals surface area contributed by atoms with Crippen LogP contribution >= 0.6 is 0 Å². The van der Waals surface area contributed by atoms with E-state index in [1.807, 2.05) is 37.5 Å². The number of nitrogens with zero attached hydrogens (tertiary/aromatic N) is 5. The Morgan fingerprint density at radius 1 is 1.17 bits per heavy atom. The van der Waals surface area contributed by atoms with Crippen molar-refractivity contribution in [1.29, 1.82) is 0 Å². The first-order chi connectivity index (χ1) is 11.2. The highest BCUT2D eigenvalue weighted by molar-refractivity contribution is 6.05. The molecule has 0 spiro atoms. The van der Waals surface area contributed by atoms with Gasteiger partial charge in [-0.2, -0.15) is 0 Å². The van der Waals surface area contributed by atoms with Crippen LogP contribution in [0.4, 0.5) is 11.6 Å². The molecule has 0 amide bonds. The number of anilines is 2. The molecule has 0 aliphatic carbocycles. The molecule has 0 radical (unpaired) electrons. The van der Waals surface area contributed by atoms with Gasteiger partial charge in [0.25, 0.3) is 0 Å². The molecule has 0 saturated heterocycles. The van der Waals surface area contributed by atoms with Gasteiger partial charge in [-0.25, -0.2) is 9.97 Å². The highest BCUT2D eigenvalue weighted by Crippen LogP contribution is 2.34. The zero-order valence-corrected chi connectivity index (χ0v) is 13.4. The summed E-state index contributed by atoms with van der Waals surface area (Å²) in [6, 6.07) is 8.34. The first-order valence-corrected chi connectivity index (χ1v) is 7.90. The number of para-hydroxylation sites is 1. The van der Waals surface area contributed by atoms with Gasteiger partial charge in [-0.05, 0) is 18.6 Å². The van der Waals surface area contributed by atoms with Crippen LogP contribution in [0.1, 0.15) is 23.7 Å². The number of fused-ring (bicyclic) bond motifs is 3. The largest absolute Gasteiger partial charge is 0.361 e. The monoisotopic (exact) mass is 308 g/mol. The Morgan fingerprint density at radius 3 is 2.74 bits per heavy atom. The van der Waals surface area contributed by atoms with Gasteiger partial charge in [0.15, 0.2) is 0 Å². The van der Waals surface area contributed by atoms with Crippen LogP contribution in [0.3, 0.4) is 0 Å². The highest BCUT2D eigenvalue weighted by atomic mass is 15.3. The fourth-order valence-corrected chi connectivity index (χ4v) is 3.11. The summed E-state index contributed by atoms with van der Waals surface area (Å²) >= 11 is 0. The van der Waals surface area contributed by atoms with Crippen molar-refractivity contribution in [3.63, 3.8) is 0 Å². The minimum atomic E-state index is 0.0279. The van der Waals surface area contributed by atoms with Crippen molar-refractivity contribution < 1.29 is 0 Å². The molecule has 1 aromatic carbocycles. The van der Waals surface area contributed by atoms with Gasteiger partial charge in [-0.3, -0.25) is 4.99 Å². The van der Waals surface area contributed by atoms with E-state index in [0.717, 1.165) is 42.5 Å². The van der Waals surface area contributed by atoms with Crippen molar-refractivity contribution in [2.75, 3.05) is 37.4 Å². The third kappa shape index (κ3) is 2.40. The first-order valence-electron chi connectivity index (χ1n) is 7.90. The number of hydrogen-bond acceptors (Lipinski definition) is 6. The molecule has 6 heteroatoms. The molecule has 1 aromatic heterocycles. The molecular weight excluding hydrogens is 288 g/mol. The predicted octanol–water partition coefficient (Wildman–Crippen LogP) is 2.12. The Kier molecular flexibility index (Phi) is 3.37. The van der Waals surface area contributed by atoms with Crippen LogP contribution in [0, 0.1) is 0 Å². The Bertz CT molecular complexity index is 737. The van der Waals surface area contributed by atoms with Crippen molar-refractivity contribution in [3.8, 4) is 0 Å². The van der Waals surface area contributed by atoms with Gasteiger partial charge in [0.2, 0.25) is 5.95 Å². The van der Waals surface area contributed by atoms with Crippen LogP contribution in [0.2, 0.25) is 0 Å². The summed E-state index contributed by atoms with van der Waals surface area (Å²) in [7, 11) is 3.89. The summed E-state index contributed by atoms with van der Waals surface area (Å²) in [5, 5.41) is 3.61. The number of rotatable bonds is 2. The van der Waals surface area contributed by atoms with E-state index in [9.17, 15) is 0 Å². The molecule has 2 aliphatic rings. The highest BCUT2D eigenvalue weighted by Gasteiger charge is 2.32. The van der Waals surface area contributed by atoms with Crippen molar-refractivity contribution in [1.82, 2.24) is 14.9 Å². The molecule has 0 fully saturated rings. The van der Waals surface area contributed by atoms with Gasteiger partial charge in [-0.15, -0.1) is 0 Å². The summed E-state index contributed by atoms with van der Waals surface area (Å²) in [6.07, 6.45) is 4.90. The second-order valence-corrected chi connectivity index (χ2v) is 6.06. The molecule has 3 heterocycles. The zero-order chi connectivity index (χ0) is 15.8. The number of aromatic nitrogens is 2. The molecule has 4 rings (SSSR count). The standard InChI is InChI=1S/C17H20N6/c1-22(2)17-19-10-12(11-20-17)15-21-14-7-4-3-6-13(14)16-18-8-5-9-23(15)16/h3-4,6-7,10-11,15,21H,5,8-9H2,1-2H3/t15-/m1/s1. The van der Waals surface area contributed by atoms with Crippen LogP contribution in [0.25, 0.3) is 0 Å². The fraction of sp³-hybridized carbons (Fsp3) is 0.353. The van der Waals surface area contributed by atoms with E-state index in [1.165, 1.54) is 5.56 Å². The number of nitrogens with one attached hydrogen (secondary N) is 1. The van der Waals surface area contributed by atoms with E-state index in [0.29, 0.717) is 0 Å². The average molecular weight is 308 g/mol. The Morgan fingerprint density at radius 2 is 1.96 bits per heavy atom. The Labute approximate surface area is 135 Å². The molecule has 23 heavy (non-hydrogen) atoms. The maximum atomic E-state index is 4.77. The van der Waals surface area contributed by atoms with E-state index in [1.54, 1.807) is 0 Å². The third-order valence-electron chi connectivity index (χ3n) is 4.24. The van der Waals surface area contributed by atoms with E-state index in [-0.39, 0.29) is 6.17 Å². The van der Waals surface area contributed by atoms with Gasteiger partial charge in [0.05, 0.1) is 0 Å². The van der Waals surface area contributed by atoms with Gasteiger partial charge in [0, 0.05) is 56.4 Å². The lowest BCUT2D eigenvalue weighted by molar-refractivity contribution is 0.321. The molecule has 0 unspecified atom stereocenters. The summed E-state index contributed by atoms with van der Waals surface area (Å²) in [5.41, 5.74) is 3.35. The van der Waals surface area contributed by atoms with E-state index in [2.05, 4.69) is 38.4 Å². The summed E-state index contributed by atoms with van der Waals surface area (Å²) < 4.78 is 0. The van der Waals surface area contributed by atoms with E-state index in [4.69, 9.17) is 4.99 Å². The SMILES string of the molecule is CN(C)c1ncc([C@@H]2Nc3ccccc3C3=NCCCN32)cn1. The Balaban J connectivity index is 1.74. The lowest BCUT2D eigenvalue weighted by Gasteiger charge is -2.42. The number of hydrogen-bond donors (Lipinski definition) is 1. The maximum Gasteiger partial charge on any atom is 0.224 e. The second-order valence-electron chi connectivity index (χ2n) is 6.06. The molecule has 1 N–H and O–H groups in total. The molecule has 118 valence electrons. The minimum Gasteiger partial charge on any atom is -0.361 e. The van der Waals surface area contributed by atoms with E-state index >= 15 is 0 Å². The summed E-state index contributed by atoms with van der Waals surface area (Å²) in [5.74, 6) is 1.80. The number of benzene rings is 1. The van der Waals surface area contributed by atoms with Crippen LogP contribution in [0.5, 0.6) is 0 Å². The smallest absolute Gasteiger partial charge is 0.224 e. The topological polar surface area (TPSA) is 56.7 Å². The van der Waals surface area contributed by atoms with Gasteiger partial charge in [0.1, 0.15) is 12.0 Å². The van der Waals surface area contributed by atoms with Crippen molar-refractivity contribution >= 4 is 17.5 Å². The molecule has 2 aromatic rings. The zero-order valence-electron chi connectivity index (χ0n) is 13.4. The Hall–Kier alpha value is -2.63. The minimum absolute atomic E-state index is 0.0279. The molecule has 6 nitrogen and oxygen atoms in total. The van der Waals surface area contributed by atoms with Crippen LogP contribution in [-0.2, 0) is 0 Å². The van der Waals surface area contributed by atoms with Gasteiger partial charge in [-0.1, -0.05) is 12.1 Å². The maximum absolute atomic E-state index is 4.77. The number of amidine groups is 1. The van der Waals surface area contributed by atoms with Gasteiger partial charge < -0.3 is 15.1 Å². The van der Waals surface area contributed by atoms with Crippen LogP contribution < -0.4 is 10.2 Å². The molecule has 0 saturated carbocycles. The lowest BCUT2D eigenvalue weighted by Crippen LogP contribution is -2.46. The van der Waals surface area contributed by atoms with Crippen LogP contribution in [0.15, 0.2) is 41.7 Å². The summed E-state index contributed by atoms with van der Waals surface area (Å²) in [6.45, 7) is 1.88. The van der Waals surface area contributed by atoms with Crippen molar-refractivity contribution in [3.05, 3.63) is 47.8 Å². The molecule has 2 aliphatic heterocycles.